The van der Waals surface area contributed by atoms with Crippen molar-refractivity contribution in [2.75, 3.05) is 13.1 Å². The van der Waals surface area contributed by atoms with Gasteiger partial charge in [-0.1, -0.05) is 29.4 Å². The first kappa shape index (κ1) is 12.4. The minimum Gasteiger partial charge on any atom is -0.480 e. The van der Waals surface area contributed by atoms with Crippen molar-refractivity contribution in [2.45, 2.75) is 18.4 Å². The number of carboxylic acid groups (broad SMARTS) is 1. The first-order valence-corrected chi connectivity index (χ1v) is 5.78. The zero-order chi connectivity index (χ0) is 13.0. The summed E-state index contributed by atoms with van der Waals surface area (Å²) in [6, 6.07) is 7.56. The molecular formula is C12H14N4O2. The van der Waals surface area contributed by atoms with Gasteiger partial charge in [-0.3, -0.25) is 5.32 Å². The molecule has 1 unspecified atom stereocenters. The summed E-state index contributed by atoms with van der Waals surface area (Å²) in [4.78, 5) is 14.2. The lowest BCUT2D eigenvalue weighted by Crippen LogP contribution is -2.48. The van der Waals surface area contributed by atoms with Crippen LogP contribution in [0.1, 0.15) is 17.5 Å². The van der Waals surface area contributed by atoms with Crippen LogP contribution in [-0.4, -0.2) is 24.2 Å². The molecule has 0 fully saturated rings. The average Bonchev–Trinajstić information content (AvgIpc) is 2.75. The number of carboxylic acids is 1. The number of hydrogen-bond acceptors (Lipinski definition) is 3. The third-order valence-corrected chi connectivity index (χ3v) is 3.31. The van der Waals surface area contributed by atoms with E-state index in [-0.39, 0.29) is 6.54 Å². The molecule has 18 heavy (non-hydrogen) atoms. The van der Waals surface area contributed by atoms with Gasteiger partial charge in [0, 0.05) is 18.0 Å². The molecule has 1 aromatic carbocycles. The first-order chi connectivity index (χ1) is 8.70. The first-order valence-electron chi connectivity index (χ1n) is 5.78. The van der Waals surface area contributed by atoms with Crippen molar-refractivity contribution in [2.24, 2.45) is 5.11 Å². The maximum atomic E-state index is 11.6. The number of nitrogens with one attached hydrogen (secondary N) is 1. The Kier molecular flexibility index (Phi) is 3.50. The Morgan fingerprint density at radius 3 is 3.06 bits per heavy atom. The number of hydrogen-bond donors (Lipinski definition) is 2. The zero-order valence-electron chi connectivity index (χ0n) is 9.83. The number of azide groups is 1. The van der Waals surface area contributed by atoms with E-state index in [1.807, 2.05) is 24.3 Å². The van der Waals surface area contributed by atoms with Crippen LogP contribution < -0.4 is 5.32 Å². The Morgan fingerprint density at radius 1 is 1.56 bits per heavy atom. The fourth-order valence-electron chi connectivity index (χ4n) is 2.46. The minimum atomic E-state index is -1.04. The third kappa shape index (κ3) is 2.03. The Hall–Kier alpha value is -2.04. The predicted octanol–water partition coefficient (Wildman–Crippen LogP) is 1.81. The number of carbonyl (C=O) groups is 1. The van der Waals surface area contributed by atoms with Gasteiger partial charge in [-0.25, -0.2) is 4.79 Å². The summed E-state index contributed by atoms with van der Waals surface area (Å²) in [6.45, 7) is 0.596. The van der Waals surface area contributed by atoms with Crippen molar-refractivity contribution in [1.82, 2.24) is 5.32 Å². The fraction of sp³-hybridized carbons (Fsp3) is 0.417. The molecule has 94 valence electrons. The fourth-order valence-corrected chi connectivity index (χ4v) is 2.46. The van der Waals surface area contributed by atoms with Crippen molar-refractivity contribution in [3.63, 3.8) is 0 Å². The van der Waals surface area contributed by atoms with Gasteiger partial charge in [0.15, 0.2) is 0 Å². The van der Waals surface area contributed by atoms with E-state index in [2.05, 4.69) is 15.3 Å². The Labute approximate surface area is 104 Å². The summed E-state index contributed by atoms with van der Waals surface area (Å²) in [6.07, 6.45) is 1.27. The van der Waals surface area contributed by atoms with Gasteiger partial charge in [0.2, 0.25) is 0 Å². The number of aliphatic carboxylic acids is 1. The molecule has 2 N–H and O–H groups in total. The van der Waals surface area contributed by atoms with Gasteiger partial charge in [-0.05, 0) is 29.5 Å². The summed E-state index contributed by atoms with van der Waals surface area (Å²) in [5.41, 5.74) is 9.05. The van der Waals surface area contributed by atoms with E-state index in [4.69, 9.17) is 5.53 Å². The topological polar surface area (TPSA) is 98.1 Å². The molecule has 0 aliphatic heterocycles. The highest BCUT2D eigenvalue weighted by Crippen LogP contribution is 2.36. The van der Waals surface area contributed by atoms with E-state index < -0.39 is 11.5 Å². The molecule has 0 aromatic heterocycles. The van der Waals surface area contributed by atoms with Crippen molar-refractivity contribution in [3.8, 4) is 0 Å². The molecule has 0 saturated carbocycles. The molecule has 2 rings (SSSR count). The van der Waals surface area contributed by atoms with Crippen LogP contribution in [0.25, 0.3) is 10.4 Å². The highest BCUT2D eigenvalue weighted by molar-refractivity contribution is 5.82. The van der Waals surface area contributed by atoms with E-state index in [0.29, 0.717) is 13.0 Å². The number of rotatable bonds is 5. The summed E-state index contributed by atoms with van der Waals surface area (Å²) in [5.74, 6) is -0.881. The number of aryl methyl sites for hydroxylation is 1. The second kappa shape index (κ2) is 5.08. The van der Waals surface area contributed by atoms with E-state index >= 15 is 0 Å². The molecule has 0 amide bonds. The van der Waals surface area contributed by atoms with Gasteiger partial charge in [0.05, 0.1) is 0 Å². The summed E-state index contributed by atoms with van der Waals surface area (Å²) in [7, 11) is 0. The van der Waals surface area contributed by atoms with Crippen LogP contribution in [0, 0.1) is 0 Å². The second-order valence-electron chi connectivity index (χ2n) is 4.25. The molecule has 0 radical (unpaired) electrons. The lowest BCUT2D eigenvalue weighted by molar-refractivity contribution is -0.145. The van der Waals surface area contributed by atoms with Gasteiger partial charge in [-0.15, -0.1) is 0 Å². The van der Waals surface area contributed by atoms with Gasteiger partial charge < -0.3 is 5.11 Å². The molecule has 0 heterocycles. The molecule has 0 saturated heterocycles. The van der Waals surface area contributed by atoms with Crippen LogP contribution in [0.4, 0.5) is 0 Å². The quantitative estimate of drug-likeness (QED) is 0.359. The average molecular weight is 246 g/mol. The molecule has 0 spiro atoms. The maximum Gasteiger partial charge on any atom is 0.328 e. The molecule has 1 aromatic rings. The van der Waals surface area contributed by atoms with Gasteiger partial charge in [0.1, 0.15) is 5.54 Å². The number of fused-ring (bicyclic) bond motifs is 1. The van der Waals surface area contributed by atoms with Crippen LogP contribution in [-0.2, 0) is 16.8 Å². The summed E-state index contributed by atoms with van der Waals surface area (Å²) >= 11 is 0. The van der Waals surface area contributed by atoms with Gasteiger partial charge in [-0.2, -0.15) is 0 Å². The van der Waals surface area contributed by atoms with Gasteiger partial charge >= 0.3 is 5.97 Å². The minimum absolute atomic E-state index is 0.244. The largest absolute Gasteiger partial charge is 0.480 e. The van der Waals surface area contributed by atoms with Crippen LogP contribution in [0.15, 0.2) is 29.4 Å². The van der Waals surface area contributed by atoms with Crippen molar-refractivity contribution >= 4 is 5.97 Å². The molecule has 6 heteroatoms. The lowest BCUT2D eigenvalue weighted by atomic mass is 9.92. The van der Waals surface area contributed by atoms with Crippen LogP contribution in [0.5, 0.6) is 0 Å². The normalized spacial score (nSPS) is 21.1. The molecule has 1 aliphatic carbocycles. The molecule has 1 atom stereocenters. The monoisotopic (exact) mass is 246 g/mol. The van der Waals surface area contributed by atoms with Crippen molar-refractivity contribution < 1.29 is 9.90 Å². The highest BCUT2D eigenvalue weighted by Gasteiger charge is 2.44. The molecule has 0 bridgehead atoms. The Balaban J connectivity index is 2.24. The highest BCUT2D eigenvalue weighted by atomic mass is 16.4. The maximum absolute atomic E-state index is 11.6. The molecule has 1 aliphatic rings. The van der Waals surface area contributed by atoms with Crippen molar-refractivity contribution in [3.05, 3.63) is 45.8 Å². The Morgan fingerprint density at radius 2 is 2.33 bits per heavy atom. The Bertz CT molecular complexity index is 511. The smallest absolute Gasteiger partial charge is 0.328 e. The third-order valence-electron chi connectivity index (χ3n) is 3.31. The zero-order valence-corrected chi connectivity index (χ0v) is 9.83. The van der Waals surface area contributed by atoms with Crippen LogP contribution >= 0.6 is 0 Å². The van der Waals surface area contributed by atoms with E-state index in [1.54, 1.807) is 0 Å². The van der Waals surface area contributed by atoms with E-state index in [1.165, 1.54) is 0 Å². The predicted molar refractivity (Wildman–Crippen MR) is 66.1 cm³/mol. The van der Waals surface area contributed by atoms with Crippen LogP contribution in [0.2, 0.25) is 0 Å². The van der Waals surface area contributed by atoms with Crippen molar-refractivity contribution in [1.29, 1.82) is 0 Å². The van der Waals surface area contributed by atoms with Crippen LogP contribution in [0.3, 0.4) is 0 Å². The molecule has 6 nitrogen and oxygen atoms in total. The SMILES string of the molecule is [N-]=[N+]=NCCNC1(C(=O)O)CCc2ccccc21. The summed E-state index contributed by atoms with van der Waals surface area (Å²) < 4.78 is 0. The standard InChI is InChI=1S/C12H14N4O2/c13-16-15-8-7-14-12(11(17)18)6-5-9-3-1-2-4-10(9)12/h1-4,14H,5-8H2,(H,17,18). The molecular weight excluding hydrogens is 232 g/mol. The number of benzene rings is 1. The second-order valence-corrected chi connectivity index (χ2v) is 4.25. The van der Waals surface area contributed by atoms with Gasteiger partial charge in [0.25, 0.3) is 0 Å². The van der Waals surface area contributed by atoms with E-state index in [9.17, 15) is 9.90 Å². The lowest BCUT2D eigenvalue weighted by Gasteiger charge is -2.26. The van der Waals surface area contributed by atoms with E-state index in [0.717, 1.165) is 17.5 Å². The summed E-state index contributed by atoms with van der Waals surface area (Å²) in [5, 5.41) is 15.9. The number of nitrogens with zero attached hydrogens (tertiary/aromatic N) is 3.